The van der Waals surface area contributed by atoms with Crippen molar-refractivity contribution in [3.63, 3.8) is 0 Å². The molecule has 1 N–H and O–H groups in total. The third kappa shape index (κ3) is 4.14. The van der Waals surface area contributed by atoms with Crippen LogP contribution in [0.25, 0.3) is 32.6 Å². The summed E-state index contributed by atoms with van der Waals surface area (Å²) in [4.78, 5) is 9.43. The van der Waals surface area contributed by atoms with Crippen LogP contribution in [0.5, 0.6) is 0 Å². The van der Waals surface area contributed by atoms with Gasteiger partial charge in [-0.3, -0.25) is 5.10 Å². The van der Waals surface area contributed by atoms with E-state index >= 15 is 0 Å². The van der Waals surface area contributed by atoms with E-state index in [9.17, 15) is 17.2 Å². The van der Waals surface area contributed by atoms with Gasteiger partial charge >= 0.3 is 0 Å². The third-order valence-corrected chi connectivity index (χ3v) is 8.13. The van der Waals surface area contributed by atoms with Crippen LogP contribution >= 0.6 is 11.3 Å². The zero-order valence-corrected chi connectivity index (χ0v) is 18.8. The van der Waals surface area contributed by atoms with Crippen molar-refractivity contribution in [2.75, 3.05) is 6.26 Å². The fourth-order valence-electron chi connectivity index (χ4n) is 3.62. The number of hydrogen-bond acceptors (Lipinski definition) is 6. The smallest absolute Gasteiger partial charge is 0.184 e. The minimum absolute atomic E-state index is 0.184. The van der Waals surface area contributed by atoms with Crippen LogP contribution in [-0.2, 0) is 16.3 Å². The maximum atomic E-state index is 14.2. The van der Waals surface area contributed by atoms with Gasteiger partial charge < -0.3 is 0 Å². The highest BCUT2D eigenvalue weighted by Gasteiger charge is 2.17. The van der Waals surface area contributed by atoms with Gasteiger partial charge in [0.15, 0.2) is 9.84 Å². The quantitative estimate of drug-likeness (QED) is 0.380. The van der Waals surface area contributed by atoms with E-state index < -0.39 is 21.5 Å². The van der Waals surface area contributed by atoms with Crippen molar-refractivity contribution in [3.05, 3.63) is 83.9 Å². The summed E-state index contributed by atoms with van der Waals surface area (Å²) in [6.07, 6.45) is 4.51. The van der Waals surface area contributed by atoms with Crippen LogP contribution in [0.15, 0.2) is 65.3 Å². The van der Waals surface area contributed by atoms with Gasteiger partial charge in [0.1, 0.15) is 22.2 Å². The summed E-state index contributed by atoms with van der Waals surface area (Å²) < 4.78 is 51.5. The second kappa shape index (κ2) is 8.13. The maximum absolute atomic E-state index is 14.2. The molecule has 0 fully saturated rings. The van der Waals surface area contributed by atoms with Gasteiger partial charge in [0, 0.05) is 35.9 Å². The van der Waals surface area contributed by atoms with Crippen LogP contribution in [-0.4, -0.2) is 34.8 Å². The molecule has 0 aliphatic heterocycles. The summed E-state index contributed by atoms with van der Waals surface area (Å²) in [7, 11) is -3.32. The number of halogens is 2. The predicted molar refractivity (Wildman–Crippen MR) is 123 cm³/mol. The van der Waals surface area contributed by atoms with Gasteiger partial charge in [0.05, 0.1) is 21.8 Å². The van der Waals surface area contributed by atoms with Gasteiger partial charge in [-0.05, 0) is 41.5 Å². The average molecular weight is 483 g/mol. The molecule has 3 aromatic heterocycles. The number of H-pyrrole nitrogens is 1. The summed E-state index contributed by atoms with van der Waals surface area (Å²) in [6.45, 7) is 0. The number of fused-ring (bicyclic) bond motifs is 1. The molecule has 0 unspecified atom stereocenters. The molecule has 0 spiro atoms. The molecule has 0 aliphatic carbocycles. The van der Waals surface area contributed by atoms with Crippen LogP contribution in [0, 0.1) is 11.6 Å². The van der Waals surface area contributed by atoms with Gasteiger partial charge in [0.25, 0.3) is 0 Å². The fraction of sp³-hybridized carbons (Fsp3) is 0.0870. The first-order valence-corrected chi connectivity index (χ1v) is 12.5. The molecule has 0 atom stereocenters. The van der Waals surface area contributed by atoms with Crippen molar-refractivity contribution in [3.8, 4) is 21.7 Å². The largest absolute Gasteiger partial charge is 0.285 e. The Morgan fingerprint density at radius 2 is 1.88 bits per heavy atom. The fourth-order valence-corrected chi connectivity index (χ4v) is 5.55. The summed E-state index contributed by atoms with van der Waals surface area (Å²) in [5.74, 6) is -1.26. The Hall–Kier alpha value is -3.50. The number of sulfone groups is 1. The number of aromatic nitrogens is 4. The molecule has 10 heteroatoms. The summed E-state index contributed by atoms with van der Waals surface area (Å²) in [6, 6.07) is 12.4. The second-order valence-corrected chi connectivity index (χ2v) is 10.8. The molecule has 0 aliphatic rings. The van der Waals surface area contributed by atoms with E-state index in [2.05, 4.69) is 20.2 Å². The Balaban J connectivity index is 1.58. The van der Waals surface area contributed by atoms with Gasteiger partial charge in [-0.15, -0.1) is 11.3 Å². The molecule has 6 nitrogen and oxygen atoms in total. The Morgan fingerprint density at radius 3 is 2.64 bits per heavy atom. The lowest BCUT2D eigenvalue weighted by molar-refractivity contribution is 0.574. The van der Waals surface area contributed by atoms with Crippen LogP contribution in [0.1, 0.15) is 11.3 Å². The monoisotopic (exact) mass is 482 g/mol. The number of rotatable bonds is 5. The first kappa shape index (κ1) is 21.4. The van der Waals surface area contributed by atoms with E-state index in [1.54, 1.807) is 18.3 Å². The zero-order valence-electron chi connectivity index (χ0n) is 17.2. The highest BCUT2D eigenvalue weighted by molar-refractivity contribution is 7.92. The lowest BCUT2D eigenvalue weighted by atomic mass is 9.99. The molecule has 5 rings (SSSR count). The van der Waals surface area contributed by atoms with E-state index in [1.807, 2.05) is 18.2 Å². The lowest BCUT2D eigenvalue weighted by Crippen LogP contribution is -1.96. The molecule has 0 amide bonds. The summed E-state index contributed by atoms with van der Waals surface area (Å²) in [5.41, 5.74) is 3.84. The zero-order chi connectivity index (χ0) is 23.2. The summed E-state index contributed by atoms with van der Waals surface area (Å²) in [5, 5.41) is 7.83. The molecule has 166 valence electrons. The van der Waals surface area contributed by atoms with Crippen molar-refractivity contribution >= 4 is 32.1 Å². The van der Waals surface area contributed by atoms with Crippen LogP contribution < -0.4 is 0 Å². The van der Waals surface area contributed by atoms with Crippen LogP contribution in [0.2, 0.25) is 0 Å². The standard InChI is InChI=1S/C23H16F2N4O2S2/c1-33(30,31)22-7-6-21(32-22)23-16-8-13(3-5-19(16)26-12-27-23)17-11-28-29-20(17)9-14-2-4-15(24)10-18(14)25/h2-8,10-12H,9H2,1H3,(H,28,29). The van der Waals surface area contributed by atoms with E-state index in [0.717, 1.165) is 33.9 Å². The Bertz CT molecular complexity index is 1610. The number of thiophene rings is 1. The minimum atomic E-state index is -3.32. The molecule has 5 aromatic rings. The Kier molecular flexibility index (Phi) is 5.26. The van der Waals surface area contributed by atoms with Crippen LogP contribution in [0.3, 0.4) is 0 Å². The highest BCUT2D eigenvalue weighted by atomic mass is 32.2. The van der Waals surface area contributed by atoms with Gasteiger partial charge in [-0.25, -0.2) is 27.2 Å². The second-order valence-electron chi connectivity index (χ2n) is 7.50. The maximum Gasteiger partial charge on any atom is 0.184 e. The molecule has 0 radical (unpaired) electrons. The van der Waals surface area contributed by atoms with Gasteiger partial charge in [0.2, 0.25) is 0 Å². The molecular weight excluding hydrogens is 466 g/mol. The summed E-state index contributed by atoms with van der Waals surface area (Å²) >= 11 is 1.15. The first-order valence-electron chi connectivity index (χ1n) is 9.81. The molecule has 0 bridgehead atoms. The SMILES string of the molecule is CS(=O)(=O)c1ccc(-c2ncnc3ccc(-c4c[nH]nc4Cc4ccc(F)cc4F)cc23)s1. The van der Waals surface area contributed by atoms with E-state index in [-0.39, 0.29) is 10.6 Å². The molecule has 0 saturated heterocycles. The van der Waals surface area contributed by atoms with Crippen molar-refractivity contribution in [2.24, 2.45) is 0 Å². The average Bonchev–Trinajstić information content (AvgIpc) is 3.45. The van der Waals surface area contributed by atoms with E-state index in [1.165, 1.54) is 24.7 Å². The number of nitrogens with zero attached hydrogens (tertiary/aromatic N) is 3. The van der Waals surface area contributed by atoms with Crippen molar-refractivity contribution in [2.45, 2.75) is 10.6 Å². The van der Waals surface area contributed by atoms with E-state index in [4.69, 9.17) is 0 Å². The minimum Gasteiger partial charge on any atom is -0.285 e. The number of benzene rings is 2. The molecule has 2 aromatic carbocycles. The lowest BCUT2D eigenvalue weighted by Gasteiger charge is -2.08. The molecule has 0 saturated carbocycles. The van der Waals surface area contributed by atoms with Gasteiger partial charge in [-0.2, -0.15) is 5.10 Å². The van der Waals surface area contributed by atoms with Crippen molar-refractivity contribution in [1.82, 2.24) is 20.2 Å². The third-order valence-electron chi connectivity index (χ3n) is 5.22. The van der Waals surface area contributed by atoms with E-state index in [0.29, 0.717) is 27.3 Å². The topological polar surface area (TPSA) is 88.6 Å². The molecule has 3 heterocycles. The van der Waals surface area contributed by atoms with Gasteiger partial charge in [-0.1, -0.05) is 12.1 Å². The van der Waals surface area contributed by atoms with Crippen LogP contribution in [0.4, 0.5) is 8.78 Å². The normalized spacial score (nSPS) is 11.8. The number of nitrogens with one attached hydrogen (secondary N) is 1. The number of hydrogen-bond donors (Lipinski definition) is 1. The highest BCUT2D eigenvalue weighted by Crippen LogP contribution is 2.35. The predicted octanol–water partition coefficient (Wildman–Crippen LogP) is 5.02. The van der Waals surface area contributed by atoms with Crippen molar-refractivity contribution < 1.29 is 17.2 Å². The molecule has 33 heavy (non-hydrogen) atoms. The molecular formula is C23H16F2N4O2S2. The Labute approximate surface area is 191 Å². The van der Waals surface area contributed by atoms with Crippen molar-refractivity contribution in [1.29, 1.82) is 0 Å². The first-order chi connectivity index (χ1) is 15.8. The Morgan fingerprint density at radius 1 is 1.03 bits per heavy atom. The number of aromatic amines is 1.